The fraction of sp³-hybridized carbons (Fsp3) is 0.733. The van der Waals surface area contributed by atoms with Gasteiger partial charge in [0.2, 0.25) is 0 Å². The summed E-state index contributed by atoms with van der Waals surface area (Å²) in [4.78, 5) is 0. The van der Waals surface area contributed by atoms with E-state index in [1.165, 1.54) is 24.0 Å². The molecule has 3 aliphatic rings. The molecule has 3 rings (SSSR count). The number of rotatable bonds is 0. The Bertz CT molecular complexity index is 371. The molecule has 2 nitrogen and oxygen atoms in total. The molecular weight excluding hydrogens is 212 g/mol. The van der Waals surface area contributed by atoms with Gasteiger partial charge in [-0.15, -0.1) is 0 Å². The van der Waals surface area contributed by atoms with Gasteiger partial charge in [-0.3, -0.25) is 0 Å². The highest BCUT2D eigenvalue weighted by Gasteiger charge is 2.59. The first-order chi connectivity index (χ1) is 8.10. The van der Waals surface area contributed by atoms with Gasteiger partial charge in [0.05, 0.1) is 18.3 Å². The predicted molar refractivity (Wildman–Crippen MR) is 67.9 cm³/mol. The van der Waals surface area contributed by atoms with Crippen LogP contribution in [-0.4, -0.2) is 24.4 Å². The van der Waals surface area contributed by atoms with Crippen LogP contribution in [0.2, 0.25) is 0 Å². The smallest absolute Gasteiger partial charge is 0.114 e. The van der Waals surface area contributed by atoms with Gasteiger partial charge in [0.1, 0.15) is 6.10 Å². The Kier molecular flexibility index (Phi) is 2.68. The van der Waals surface area contributed by atoms with Crippen LogP contribution in [0.4, 0.5) is 0 Å². The summed E-state index contributed by atoms with van der Waals surface area (Å²) >= 11 is 0. The largest absolute Gasteiger partial charge is 0.370 e. The van der Waals surface area contributed by atoms with Crippen molar-refractivity contribution in [2.75, 3.05) is 6.61 Å². The molecule has 2 heterocycles. The van der Waals surface area contributed by atoms with Gasteiger partial charge in [0.15, 0.2) is 0 Å². The number of allylic oxidation sites excluding steroid dienone is 2. The zero-order chi connectivity index (χ0) is 12.0. The lowest BCUT2D eigenvalue weighted by Gasteiger charge is -2.20. The van der Waals surface area contributed by atoms with Crippen molar-refractivity contribution in [1.29, 1.82) is 0 Å². The summed E-state index contributed by atoms with van der Waals surface area (Å²) in [5.74, 6) is 0.503. The Hall–Kier alpha value is -0.600. The SMILES string of the molecule is C=C1CO[C@H]2[C@H]1CC/C(C)=C/CC[C@@]1(C)O[C@@H]21. The third kappa shape index (κ3) is 1.98. The minimum atomic E-state index is 0.0572. The molecule has 2 saturated heterocycles. The van der Waals surface area contributed by atoms with Crippen LogP contribution in [-0.2, 0) is 9.47 Å². The molecule has 2 aliphatic heterocycles. The second-order valence-corrected chi connectivity index (χ2v) is 6.02. The summed E-state index contributed by atoms with van der Waals surface area (Å²) in [6.45, 7) is 9.36. The summed E-state index contributed by atoms with van der Waals surface area (Å²) in [5, 5.41) is 0. The molecule has 0 bridgehead atoms. The molecule has 2 fully saturated rings. The highest BCUT2D eigenvalue weighted by atomic mass is 16.6. The zero-order valence-corrected chi connectivity index (χ0v) is 10.9. The number of fused-ring (bicyclic) bond motifs is 3. The van der Waals surface area contributed by atoms with Gasteiger partial charge in [-0.1, -0.05) is 18.2 Å². The van der Waals surface area contributed by atoms with Crippen molar-refractivity contribution >= 4 is 0 Å². The molecule has 94 valence electrons. The molecule has 0 aromatic heterocycles. The van der Waals surface area contributed by atoms with Crippen LogP contribution in [0.3, 0.4) is 0 Å². The Labute approximate surface area is 104 Å². The molecule has 0 saturated carbocycles. The van der Waals surface area contributed by atoms with E-state index >= 15 is 0 Å². The molecule has 0 amide bonds. The Morgan fingerprint density at radius 2 is 2.29 bits per heavy atom. The standard InChI is InChI=1S/C15H22O2/c1-10-5-4-8-15(3)14(17-15)13-12(7-6-10)11(2)9-16-13/h5,12-14H,2,4,6-9H2,1,3H3/b10-5+/t12-,13-,14-,15+/m0/s1. The molecule has 2 heteroatoms. The van der Waals surface area contributed by atoms with E-state index in [1.54, 1.807) is 0 Å². The van der Waals surface area contributed by atoms with Crippen LogP contribution in [0.5, 0.6) is 0 Å². The topological polar surface area (TPSA) is 21.8 Å². The summed E-state index contributed by atoms with van der Waals surface area (Å²) in [5.41, 5.74) is 2.83. The highest BCUT2D eigenvalue weighted by molar-refractivity contribution is 5.18. The van der Waals surface area contributed by atoms with E-state index in [2.05, 4.69) is 26.5 Å². The van der Waals surface area contributed by atoms with E-state index in [4.69, 9.17) is 9.47 Å². The molecule has 0 aromatic carbocycles. The zero-order valence-electron chi connectivity index (χ0n) is 10.9. The highest BCUT2D eigenvalue weighted by Crippen LogP contribution is 2.49. The summed E-state index contributed by atoms with van der Waals surface area (Å²) in [6.07, 6.45) is 7.54. The van der Waals surface area contributed by atoms with Gasteiger partial charge in [0, 0.05) is 5.92 Å². The molecule has 0 radical (unpaired) electrons. The van der Waals surface area contributed by atoms with Gasteiger partial charge >= 0.3 is 0 Å². The summed E-state index contributed by atoms with van der Waals surface area (Å²) in [6, 6.07) is 0. The van der Waals surface area contributed by atoms with E-state index in [0.717, 1.165) is 19.4 Å². The van der Waals surface area contributed by atoms with E-state index in [1.807, 2.05) is 0 Å². The first-order valence-electron chi connectivity index (χ1n) is 6.73. The first-order valence-corrected chi connectivity index (χ1v) is 6.73. The summed E-state index contributed by atoms with van der Waals surface area (Å²) < 4.78 is 11.8. The third-order valence-corrected chi connectivity index (χ3v) is 4.60. The Morgan fingerprint density at radius 1 is 1.47 bits per heavy atom. The number of hydrogen-bond acceptors (Lipinski definition) is 2. The van der Waals surface area contributed by atoms with Crippen LogP contribution >= 0.6 is 0 Å². The second kappa shape index (κ2) is 3.96. The summed E-state index contributed by atoms with van der Waals surface area (Å²) in [7, 11) is 0. The second-order valence-electron chi connectivity index (χ2n) is 6.02. The monoisotopic (exact) mass is 234 g/mol. The van der Waals surface area contributed by atoms with Gasteiger partial charge in [-0.2, -0.15) is 0 Å². The molecule has 17 heavy (non-hydrogen) atoms. The van der Waals surface area contributed by atoms with Crippen LogP contribution in [0.25, 0.3) is 0 Å². The molecule has 0 N–H and O–H groups in total. The van der Waals surface area contributed by atoms with Crippen molar-refractivity contribution < 1.29 is 9.47 Å². The van der Waals surface area contributed by atoms with Gasteiger partial charge in [-0.05, 0) is 45.1 Å². The average molecular weight is 234 g/mol. The molecule has 0 unspecified atom stereocenters. The Morgan fingerprint density at radius 3 is 3.12 bits per heavy atom. The van der Waals surface area contributed by atoms with E-state index in [0.29, 0.717) is 12.0 Å². The van der Waals surface area contributed by atoms with Gasteiger partial charge < -0.3 is 9.47 Å². The quantitative estimate of drug-likeness (QED) is 0.474. The van der Waals surface area contributed by atoms with E-state index < -0.39 is 0 Å². The first kappa shape index (κ1) is 11.5. The lowest BCUT2D eigenvalue weighted by Crippen LogP contribution is -2.28. The van der Waals surface area contributed by atoms with E-state index in [-0.39, 0.29) is 11.7 Å². The lowest BCUT2D eigenvalue weighted by molar-refractivity contribution is 0.0637. The maximum Gasteiger partial charge on any atom is 0.114 e. The molecule has 0 spiro atoms. The minimum absolute atomic E-state index is 0.0572. The average Bonchev–Trinajstić information content (AvgIpc) is 2.80. The number of hydrogen-bond donors (Lipinski definition) is 0. The third-order valence-electron chi connectivity index (χ3n) is 4.60. The van der Waals surface area contributed by atoms with Crippen molar-refractivity contribution in [2.24, 2.45) is 5.92 Å². The molecule has 0 aromatic rings. The van der Waals surface area contributed by atoms with Crippen LogP contribution in [0.15, 0.2) is 23.8 Å². The van der Waals surface area contributed by atoms with Crippen molar-refractivity contribution in [3.05, 3.63) is 23.8 Å². The molecule has 1 aliphatic carbocycles. The Balaban J connectivity index is 1.83. The predicted octanol–water partition coefficient (Wildman–Crippen LogP) is 3.24. The normalized spacial score (nSPS) is 48.9. The fourth-order valence-electron chi connectivity index (χ4n) is 3.29. The van der Waals surface area contributed by atoms with Gasteiger partial charge in [-0.25, -0.2) is 0 Å². The van der Waals surface area contributed by atoms with Gasteiger partial charge in [0.25, 0.3) is 0 Å². The van der Waals surface area contributed by atoms with E-state index in [9.17, 15) is 0 Å². The number of epoxide rings is 1. The van der Waals surface area contributed by atoms with Crippen molar-refractivity contribution in [3.8, 4) is 0 Å². The van der Waals surface area contributed by atoms with Crippen molar-refractivity contribution in [2.45, 2.75) is 57.3 Å². The molecule has 4 atom stereocenters. The number of ether oxygens (including phenoxy) is 2. The molecular formula is C15H22O2. The van der Waals surface area contributed by atoms with Crippen LogP contribution in [0.1, 0.15) is 39.5 Å². The van der Waals surface area contributed by atoms with Crippen LogP contribution in [0, 0.1) is 5.92 Å². The van der Waals surface area contributed by atoms with Crippen molar-refractivity contribution in [1.82, 2.24) is 0 Å². The fourth-order valence-corrected chi connectivity index (χ4v) is 3.29. The lowest BCUT2D eigenvalue weighted by atomic mass is 9.84. The maximum absolute atomic E-state index is 5.94. The maximum atomic E-state index is 5.94. The minimum Gasteiger partial charge on any atom is -0.370 e. The van der Waals surface area contributed by atoms with Crippen molar-refractivity contribution in [3.63, 3.8) is 0 Å². The van der Waals surface area contributed by atoms with Crippen LogP contribution < -0.4 is 0 Å².